The monoisotopic (exact) mass is 412 g/mol. The van der Waals surface area contributed by atoms with Crippen molar-refractivity contribution < 1.29 is 18.7 Å². The van der Waals surface area contributed by atoms with Gasteiger partial charge in [-0.1, -0.05) is 12.1 Å². The molecule has 1 unspecified atom stereocenters. The Kier molecular flexibility index (Phi) is 6.66. The first-order valence-corrected chi connectivity index (χ1v) is 9.71. The number of nitrogens with one attached hydrogen (secondary N) is 1. The maximum Gasteiger partial charge on any atom is 0.317 e. The lowest BCUT2D eigenvalue weighted by atomic mass is 9.98. The summed E-state index contributed by atoms with van der Waals surface area (Å²) >= 11 is 0. The van der Waals surface area contributed by atoms with Crippen LogP contribution in [0.4, 0.5) is 9.18 Å². The lowest BCUT2D eigenvalue weighted by Crippen LogP contribution is -2.43. The van der Waals surface area contributed by atoms with Crippen LogP contribution in [0.2, 0.25) is 0 Å². The molecule has 0 saturated carbocycles. The molecule has 3 rings (SSSR count). The molecule has 0 saturated heterocycles. The molecule has 158 valence electrons. The van der Waals surface area contributed by atoms with Crippen LogP contribution in [0, 0.1) is 5.82 Å². The number of carbonyl (C=O) groups excluding carboxylic acids is 2. The molecule has 0 aliphatic carbocycles. The zero-order valence-corrected chi connectivity index (χ0v) is 17.3. The van der Waals surface area contributed by atoms with Gasteiger partial charge < -0.3 is 15.0 Å². The number of urea groups is 1. The molecule has 1 aliphatic heterocycles. The van der Waals surface area contributed by atoms with E-state index >= 15 is 0 Å². The summed E-state index contributed by atoms with van der Waals surface area (Å²) in [5.74, 6) is 0.0624. The molecule has 30 heavy (non-hydrogen) atoms. The average molecular weight is 412 g/mol. The van der Waals surface area contributed by atoms with E-state index in [0.717, 1.165) is 22.6 Å². The van der Waals surface area contributed by atoms with Crippen molar-refractivity contribution in [3.05, 3.63) is 65.5 Å². The second kappa shape index (κ2) is 9.39. The molecule has 1 aliphatic rings. The van der Waals surface area contributed by atoms with Gasteiger partial charge in [0.2, 0.25) is 0 Å². The van der Waals surface area contributed by atoms with Gasteiger partial charge in [0.05, 0.1) is 18.9 Å². The Labute approximate surface area is 175 Å². The number of ether oxygens (including phenoxy) is 1. The van der Waals surface area contributed by atoms with Crippen LogP contribution >= 0.6 is 0 Å². The van der Waals surface area contributed by atoms with Gasteiger partial charge in [0.1, 0.15) is 18.1 Å². The SMILES string of the molecule is CCNC(=O)N(C)CC(=O)N1N=C(c2ccc(OC)cc2)CC1c1ccc(F)cc1. The second-order valence-corrected chi connectivity index (χ2v) is 6.98. The van der Waals surface area contributed by atoms with Gasteiger partial charge in [-0.25, -0.2) is 14.2 Å². The summed E-state index contributed by atoms with van der Waals surface area (Å²) in [6.07, 6.45) is 0.481. The number of hydrogen-bond acceptors (Lipinski definition) is 4. The van der Waals surface area contributed by atoms with Crippen molar-refractivity contribution in [3.63, 3.8) is 0 Å². The van der Waals surface area contributed by atoms with Crippen molar-refractivity contribution in [2.75, 3.05) is 27.2 Å². The van der Waals surface area contributed by atoms with Crippen molar-refractivity contribution in [3.8, 4) is 5.75 Å². The van der Waals surface area contributed by atoms with Crippen LogP contribution in [0.25, 0.3) is 0 Å². The molecule has 0 aromatic heterocycles. The van der Waals surface area contributed by atoms with E-state index < -0.39 is 0 Å². The first-order valence-electron chi connectivity index (χ1n) is 9.71. The standard InChI is InChI=1S/C22H25FN4O3/c1-4-24-22(29)26(2)14-21(28)27-20(16-5-9-17(23)10-6-16)13-19(25-27)15-7-11-18(30-3)12-8-15/h5-12,20H,4,13-14H2,1-3H3,(H,24,29). The maximum absolute atomic E-state index is 13.4. The highest BCUT2D eigenvalue weighted by atomic mass is 19.1. The Morgan fingerprint density at radius 1 is 1.20 bits per heavy atom. The van der Waals surface area contributed by atoms with Crippen molar-refractivity contribution in [1.82, 2.24) is 15.2 Å². The largest absolute Gasteiger partial charge is 0.497 e. The highest BCUT2D eigenvalue weighted by Crippen LogP contribution is 2.33. The Morgan fingerprint density at radius 2 is 1.87 bits per heavy atom. The number of rotatable bonds is 6. The predicted molar refractivity (Wildman–Crippen MR) is 112 cm³/mol. The first kappa shape index (κ1) is 21.3. The summed E-state index contributed by atoms with van der Waals surface area (Å²) in [4.78, 5) is 26.3. The van der Waals surface area contributed by atoms with Gasteiger partial charge in [-0.05, 0) is 54.4 Å². The smallest absolute Gasteiger partial charge is 0.317 e. The summed E-state index contributed by atoms with van der Waals surface area (Å²) in [6, 6.07) is 12.8. The minimum atomic E-state index is -0.377. The molecule has 8 heteroatoms. The predicted octanol–water partition coefficient (Wildman–Crippen LogP) is 3.17. The molecule has 2 aromatic rings. The van der Waals surface area contributed by atoms with Crippen LogP contribution in [0.15, 0.2) is 53.6 Å². The topological polar surface area (TPSA) is 74.2 Å². The third-order valence-corrected chi connectivity index (χ3v) is 4.89. The molecule has 0 spiro atoms. The van der Waals surface area contributed by atoms with Crippen LogP contribution in [-0.4, -0.2) is 54.8 Å². The van der Waals surface area contributed by atoms with Crippen molar-refractivity contribution >= 4 is 17.6 Å². The molecule has 3 amide bonds. The molecule has 0 bridgehead atoms. The van der Waals surface area contributed by atoms with Gasteiger partial charge in [-0.15, -0.1) is 0 Å². The Hall–Kier alpha value is -3.42. The van der Waals surface area contributed by atoms with Gasteiger partial charge >= 0.3 is 6.03 Å². The molecule has 0 radical (unpaired) electrons. The molecule has 1 heterocycles. The van der Waals surface area contributed by atoms with E-state index in [1.165, 1.54) is 22.0 Å². The Bertz CT molecular complexity index is 928. The van der Waals surface area contributed by atoms with Gasteiger partial charge in [0.15, 0.2) is 0 Å². The second-order valence-electron chi connectivity index (χ2n) is 6.98. The van der Waals surface area contributed by atoms with E-state index in [-0.39, 0.29) is 30.3 Å². The number of benzene rings is 2. The quantitative estimate of drug-likeness (QED) is 0.792. The third kappa shape index (κ3) is 4.76. The molecular formula is C22H25FN4O3. The van der Waals surface area contributed by atoms with Crippen LogP contribution < -0.4 is 10.1 Å². The minimum Gasteiger partial charge on any atom is -0.497 e. The number of halogens is 1. The lowest BCUT2D eigenvalue weighted by molar-refractivity contribution is -0.133. The normalized spacial score (nSPS) is 15.5. The highest BCUT2D eigenvalue weighted by molar-refractivity contribution is 6.03. The number of methoxy groups -OCH3 is 1. The number of amides is 3. The van der Waals surface area contributed by atoms with E-state index in [1.54, 1.807) is 26.3 Å². The molecule has 2 aromatic carbocycles. The van der Waals surface area contributed by atoms with Gasteiger partial charge in [-0.2, -0.15) is 5.10 Å². The van der Waals surface area contributed by atoms with Crippen LogP contribution in [-0.2, 0) is 4.79 Å². The summed E-state index contributed by atoms with van der Waals surface area (Å²) in [7, 11) is 3.15. The highest BCUT2D eigenvalue weighted by Gasteiger charge is 2.33. The van der Waals surface area contributed by atoms with Gasteiger partial charge in [0, 0.05) is 20.0 Å². The van der Waals surface area contributed by atoms with E-state index in [4.69, 9.17) is 4.74 Å². The van der Waals surface area contributed by atoms with E-state index in [0.29, 0.717) is 13.0 Å². The average Bonchev–Trinajstić information content (AvgIpc) is 3.20. The molecular weight excluding hydrogens is 387 g/mol. The van der Waals surface area contributed by atoms with Gasteiger partial charge in [-0.3, -0.25) is 4.79 Å². The van der Waals surface area contributed by atoms with Crippen molar-refractivity contribution in [2.45, 2.75) is 19.4 Å². The Balaban J connectivity index is 1.86. The summed E-state index contributed by atoms with van der Waals surface area (Å²) in [6.45, 7) is 2.16. The third-order valence-electron chi connectivity index (χ3n) is 4.89. The van der Waals surface area contributed by atoms with E-state index in [1.807, 2.05) is 31.2 Å². The number of likely N-dealkylation sites (N-methyl/N-ethyl adjacent to an activating group) is 1. The van der Waals surface area contributed by atoms with Crippen LogP contribution in [0.1, 0.15) is 30.5 Å². The minimum absolute atomic E-state index is 0.122. The molecule has 1 atom stereocenters. The molecule has 7 nitrogen and oxygen atoms in total. The number of hydrogen-bond donors (Lipinski definition) is 1. The number of carbonyl (C=O) groups is 2. The maximum atomic E-state index is 13.4. The fraction of sp³-hybridized carbons (Fsp3) is 0.318. The van der Waals surface area contributed by atoms with Crippen LogP contribution in [0.3, 0.4) is 0 Å². The zero-order chi connectivity index (χ0) is 21.7. The fourth-order valence-electron chi connectivity index (χ4n) is 3.28. The molecule has 1 N–H and O–H groups in total. The Morgan fingerprint density at radius 3 is 2.47 bits per heavy atom. The van der Waals surface area contributed by atoms with Crippen LogP contribution in [0.5, 0.6) is 5.75 Å². The summed E-state index contributed by atoms with van der Waals surface area (Å²) in [5.41, 5.74) is 2.38. The zero-order valence-electron chi connectivity index (χ0n) is 17.3. The number of nitrogens with zero attached hydrogens (tertiary/aromatic N) is 3. The van der Waals surface area contributed by atoms with Crippen molar-refractivity contribution in [1.29, 1.82) is 0 Å². The van der Waals surface area contributed by atoms with E-state index in [9.17, 15) is 14.0 Å². The number of hydrazone groups is 1. The van der Waals surface area contributed by atoms with E-state index in [2.05, 4.69) is 10.4 Å². The summed E-state index contributed by atoms with van der Waals surface area (Å²) in [5, 5.41) is 8.61. The van der Waals surface area contributed by atoms with Crippen molar-refractivity contribution in [2.24, 2.45) is 5.10 Å². The fourth-order valence-corrected chi connectivity index (χ4v) is 3.28. The summed E-state index contributed by atoms with van der Waals surface area (Å²) < 4.78 is 18.6. The lowest BCUT2D eigenvalue weighted by Gasteiger charge is -2.25. The van der Waals surface area contributed by atoms with Gasteiger partial charge in [0.25, 0.3) is 5.91 Å². The first-order chi connectivity index (χ1) is 14.4. The molecule has 0 fully saturated rings.